The van der Waals surface area contributed by atoms with Crippen molar-refractivity contribution in [1.29, 1.82) is 0 Å². The van der Waals surface area contributed by atoms with Crippen molar-refractivity contribution in [1.82, 2.24) is 35.3 Å². The van der Waals surface area contributed by atoms with Crippen LogP contribution in [0.1, 0.15) is 41.3 Å². The standard InChI is InChI=1S/C34H39N9O8/c44-16-22(11-19-5-2-1-3-6-19)37-30-26-31(43(18-36-26)32-28(48)27(47)29(50-32)25-13-23(17-45)41-51-25)40-33(39-30)42-10-9-21(15-42)38-34(49)35-14-20-7-4-8-24(46)12-20/h1-8,12-13,18,21-22,27-29,32,44-48H,9-11,14-17H2,(H2,35,38,49)(H,37,39,40)/t21-,22+,27+,28+,29-,32-/m1/s1. The van der Waals surface area contributed by atoms with Gasteiger partial charge in [0, 0.05) is 31.7 Å². The number of amides is 2. The van der Waals surface area contributed by atoms with Gasteiger partial charge in [0.05, 0.1) is 25.6 Å². The highest BCUT2D eigenvalue weighted by molar-refractivity contribution is 5.85. The molecule has 5 heterocycles. The number of imidazole rings is 1. The largest absolute Gasteiger partial charge is 0.508 e. The zero-order valence-corrected chi connectivity index (χ0v) is 27.4. The van der Waals surface area contributed by atoms with Crippen LogP contribution in [0, 0.1) is 0 Å². The second-order valence-corrected chi connectivity index (χ2v) is 12.6. The number of carbonyl (C=O) groups excluding carboxylic acids is 1. The maximum atomic E-state index is 12.7. The van der Waals surface area contributed by atoms with Crippen LogP contribution >= 0.6 is 0 Å². The van der Waals surface area contributed by atoms with E-state index < -0.39 is 30.6 Å². The Balaban J connectivity index is 1.14. The Bertz CT molecular complexity index is 1960. The third-order valence-electron chi connectivity index (χ3n) is 9.00. The summed E-state index contributed by atoms with van der Waals surface area (Å²) in [4.78, 5) is 28.9. The summed E-state index contributed by atoms with van der Waals surface area (Å²) in [6.07, 6.45) is -2.46. The molecule has 0 unspecified atom stereocenters. The molecule has 0 bridgehead atoms. The molecule has 3 aromatic heterocycles. The molecule has 0 spiro atoms. The number of urea groups is 1. The average molecular weight is 702 g/mol. The van der Waals surface area contributed by atoms with E-state index in [-0.39, 0.29) is 49.0 Å². The van der Waals surface area contributed by atoms with E-state index in [1.165, 1.54) is 17.0 Å². The van der Waals surface area contributed by atoms with E-state index in [0.29, 0.717) is 48.9 Å². The van der Waals surface area contributed by atoms with Crippen molar-refractivity contribution in [3.8, 4) is 5.75 Å². The SMILES string of the molecule is O=C(NCc1cccc(O)c1)N[C@@H]1CCN(c2nc(N[C@H](CO)Cc3ccccc3)c3ncn([C@@H]4O[C@H](c5cc(CO)no5)[C@@H](O)[C@@H]4O)c3n2)C1. The number of benzene rings is 2. The summed E-state index contributed by atoms with van der Waals surface area (Å²) >= 11 is 0. The van der Waals surface area contributed by atoms with Gasteiger partial charge in [-0.25, -0.2) is 9.78 Å². The van der Waals surface area contributed by atoms with Gasteiger partial charge >= 0.3 is 6.03 Å². The summed E-state index contributed by atoms with van der Waals surface area (Å²) in [6, 6.07) is 16.8. The lowest BCUT2D eigenvalue weighted by molar-refractivity contribution is -0.0434. The predicted molar refractivity (Wildman–Crippen MR) is 181 cm³/mol. The van der Waals surface area contributed by atoms with Crippen LogP contribution in [0.2, 0.25) is 0 Å². The van der Waals surface area contributed by atoms with Gasteiger partial charge in [0.25, 0.3) is 0 Å². The molecular formula is C34H39N9O8. The Kier molecular flexibility index (Phi) is 9.96. The van der Waals surface area contributed by atoms with Crippen molar-refractivity contribution in [2.45, 2.75) is 62.6 Å². The van der Waals surface area contributed by atoms with Gasteiger partial charge < -0.3 is 55.6 Å². The minimum atomic E-state index is -1.41. The monoisotopic (exact) mass is 701 g/mol. The molecule has 51 heavy (non-hydrogen) atoms. The van der Waals surface area contributed by atoms with Crippen LogP contribution < -0.4 is 20.9 Å². The summed E-state index contributed by atoms with van der Waals surface area (Å²) in [7, 11) is 0. The number of aliphatic hydroxyl groups is 4. The number of ether oxygens (including phenoxy) is 1. The number of carbonyl (C=O) groups is 1. The van der Waals surface area contributed by atoms with E-state index >= 15 is 0 Å². The number of fused-ring (bicyclic) bond motifs is 1. The number of hydrogen-bond donors (Lipinski definition) is 8. The minimum absolute atomic E-state index is 0.121. The van der Waals surface area contributed by atoms with Crippen LogP contribution in [0.5, 0.6) is 5.75 Å². The van der Waals surface area contributed by atoms with Crippen LogP contribution in [0.4, 0.5) is 16.6 Å². The molecule has 2 aromatic carbocycles. The van der Waals surface area contributed by atoms with Crippen LogP contribution in [0.25, 0.3) is 11.2 Å². The molecule has 0 saturated carbocycles. The lowest BCUT2D eigenvalue weighted by Crippen LogP contribution is -2.43. The number of nitrogens with one attached hydrogen (secondary N) is 3. The second kappa shape index (κ2) is 14.9. The van der Waals surface area contributed by atoms with Gasteiger partial charge in [-0.15, -0.1) is 0 Å². The molecule has 8 N–H and O–H groups in total. The minimum Gasteiger partial charge on any atom is -0.508 e. The number of phenols is 1. The fourth-order valence-corrected chi connectivity index (χ4v) is 6.39. The first-order valence-corrected chi connectivity index (χ1v) is 16.6. The van der Waals surface area contributed by atoms with Gasteiger partial charge in [0.2, 0.25) is 5.95 Å². The Morgan fingerprint density at radius 2 is 1.84 bits per heavy atom. The van der Waals surface area contributed by atoms with Gasteiger partial charge in [-0.1, -0.05) is 47.6 Å². The molecule has 2 aliphatic rings. The maximum absolute atomic E-state index is 12.7. The van der Waals surface area contributed by atoms with Gasteiger partial charge in [-0.3, -0.25) is 4.57 Å². The molecule has 5 aromatic rings. The third-order valence-corrected chi connectivity index (χ3v) is 9.00. The van der Waals surface area contributed by atoms with Crippen molar-refractivity contribution in [3.63, 3.8) is 0 Å². The Labute approximate surface area is 291 Å². The lowest BCUT2D eigenvalue weighted by Gasteiger charge is -2.22. The first kappa shape index (κ1) is 34.1. The summed E-state index contributed by atoms with van der Waals surface area (Å²) < 4.78 is 12.9. The molecule has 0 radical (unpaired) electrons. The number of rotatable bonds is 12. The van der Waals surface area contributed by atoms with Crippen molar-refractivity contribution >= 4 is 29.0 Å². The van der Waals surface area contributed by atoms with Gasteiger partial charge in [-0.05, 0) is 36.1 Å². The number of aromatic hydroxyl groups is 1. The van der Waals surface area contributed by atoms with Crippen LogP contribution in [0.15, 0.2) is 71.5 Å². The molecule has 2 saturated heterocycles. The fourth-order valence-electron chi connectivity index (χ4n) is 6.39. The van der Waals surface area contributed by atoms with Crippen molar-refractivity contribution in [2.24, 2.45) is 0 Å². The maximum Gasteiger partial charge on any atom is 0.315 e. The van der Waals surface area contributed by atoms with Gasteiger partial charge in [0.1, 0.15) is 29.8 Å². The van der Waals surface area contributed by atoms with Gasteiger partial charge in [-0.2, -0.15) is 9.97 Å². The first-order valence-electron chi connectivity index (χ1n) is 16.6. The topological polar surface area (TPSA) is 236 Å². The Hall–Kier alpha value is -5.33. The van der Waals surface area contributed by atoms with E-state index in [2.05, 4.69) is 26.1 Å². The fraction of sp³-hybridized carbons (Fsp3) is 0.382. The summed E-state index contributed by atoms with van der Waals surface area (Å²) in [5.74, 6) is 0.926. The first-order chi connectivity index (χ1) is 24.8. The van der Waals surface area contributed by atoms with Crippen LogP contribution in [-0.2, 0) is 24.3 Å². The number of nitrogens with zero attached hydrogens (tertiary/aromatic N) is 6. The zero-order valence-electron chi connectivity index (χ0n) is 27.4. The second-order valence-electron chi connectivity index (χ2n) is 12.6. The highest BCUT2D eigenvalue weighted by Gasteiger charge is 2.47. The summed E-state index contributed by atoms with van der Waals surface area (Å²) in [6.45, 7) is 0.596. The molecular weight excluding hydrogens is 662 g/mol. The molecule has 17 nitrogen and oxygen atoms in total. The number of phenolic OH excluding ortho intramolecular Hbond substituents is 1. The lowest BCUT2D eigenvalue weighted by atomic mass is 10.1. The van der Waals surface area contributed by atoms with E-state index in [0.717, 1.165) is 11.1 Å². The number of aliphatic hydroxyl groups excluding tert-OH is 4. The molecule has 6 atom stereocenters. The Morgan fingerprint density at radius 3 is 2.61 bits per heavy atom. The molecule has 2 amide bonds. The van der Waals surface area contributed by atoms with E-state index in [9.17, 15) is 30.3 Å². The summed E-state index contributed by atoms with van der Waals surface area (Å²) in [5.41, 5.74) is 2.67. The predicted octanol–water partition coefficient (Wildman–Crippen LogP) is 1.10. The smallest absolute Gasteiger partial charge is 0.315 e. The number of anilines is 2. The van der Waals surface area contributed by atoms with Crippen LogP contribution in [0.3, 0.4) is 0 Å². The van der Waals surface area contributed by atoms with E-state index in [4.69, 9.17) is 19.2 Å². The van der Waals surface area contributed by atoms with Crippen LogP contribution in [-0.4, -0.2) is 100 Å². The Morgan fingerprint density at radius 1 is 1.02 bits per heavy atom. The number of aromatic nitrogens is 5. The van der Waals surface area contributed by atoms with E-state index in [1.807, 2.05) is 35.2 Å². The molecule has 268 valence electrons. The number of hydrogen-bond acceptors (Lipinski definition) is 14. The highest BCUT2D eigenvalue weighted by atomic mass is 16.6. The highest BCUT2D eigenvalue weighted by Crippen LogP contribution is 2.40. The van der Waals surface area contributed by atoms with Crippen molar-refractivity contribution in [3.05, 3.63) is 89.6 Å². The third kappa shape index (κ3) is 7.42. The quantitative estimate of drug-likeness (QED) is 0.0910. The normalized spacial score (nSPS) is 22.4. The molecule has 0 aliphatic carbocycles. The van der Waals surface area contributed by atoms with Crippen molar-refractivity contribution in [2.75, 3.05) is 29.9 Å². The van der Waals surface area contributed by atoms with E-state index in [1.54, 1.807) is 24.3 Å². The molecule has 17 heteroatoms. The average Bonchev–Trinajstić information content (AvgIpc) is 3.95. The molecule has 2 aliphatic heterocycles. The van der Waals surface area contributed by atoms with Gasteiger partial charge in [0.15, 0.2) is 29.0 Å². The van der Waals surface area contributed by atoms with Crippen molar-refractivity contribution < 1.29 is 39.6 Å². The summed E-state index contributed by atoms with van der Waals surface area (Å²) in [5, 5.41) is 64.4. The molecule has 2 fully saturated rings. The zero-order chi connectivity index (χ0) is 35.5. The molecule has 7 rings (SSSR count).